The van der Waals surface area contributed by atoms with E-state index in [-0.39, 0.29) is 12.1 Å². The van der Waals surface area contributed by atoms with E-state index in [9.17, 15) is 18.0 Å². The number of benzene rings is 1. The minimum atomic E-state index is -4.41. The Bertz CT molecular complexity index is 662. The molecule has 0 aliphatic rings. The van der Waals surface area contributed by atoms with Gasteiger partial charge in [0.15, 0.2) is 0 Å². The van der Waals surface area contributed by atoms with E-state index in [0.29, 0.717) is 21.9 Å². The van der Waals surface area contributed by atoms with Crippen molar-refractivity contribution in [1.82, 2.24) is 15.3 Å². The van der Waals surface area contributed by atoms with Gasteiger partial charge in [0, 0.05) is 4.47 Å². The number of hydrogen-bond acceptors (Lipinski definition) is 2. The summed E-state index contributed by atoms with van der Waals surface area (Å²) in [6.07, 6.45) is -3.82. The van der Waals surface area contributed by atoms with Gasteiger partial charge in [0.2, 0.25) is 0 Å². The highest BCUT2D eigenvalue weighted by Crippen LogP contribution is 2.37. The fraction of sp³-hybridized carbons (Fsp3) is 0.417. The molecule has 110 valence electrons. The zero-order chi connectivity index (χ0) is 14.9. The third kappa shape index (κ3) is 3.06. The fourth-order valence-electron chi connectivity index (χ4n) is 1.98. The van der Waals surface area contributed by atoms with Crippen LogP contribution in [0.1, 0.15) is 24.9 Å². The highest BCUT2D eigenvalue weighted by atomic mass is 79.9. The van der Waals surface area contributed by atoms with E-state index in [1.165, 1.54) is 12.1 Å². The van der Waals surface area contributed by atoms with E-state index in [1.807, 2.05) is 0 Å². The molecule has 8 heteroatoms. The summed E-state index contributed by atoms with van der Waals surface area (Å²) in [5.41, 5.74) is 0.408. The fourth-order valence-corrected chi connectivity index (χ4v) is 2.56. The molecule has 1 heterocycles. The third-order valence-electron chi connectivity index (χ3n) is 2.87. The van der Waals surface area contributed by atoms with Crippen LogP contribution in [0.15, 0.2) is 21.4 Å². The maximum Gasteiger partial charge on any atom is 0.407 e. The van der Waals surface area contributed by atoms with Crippen LogP contribution in [0, 0.1) is 0 Å². The second kappa shape index (κ2) is 5.61. The first-order valence-corrected chi connectivity index (χ1v) is 6.83. The predicted molar refractivity (Wildman–Crippen MR) is 73.7 cm³/mol. The van der Waals surface area contributed by atoms with Gasteiger partial charge < -0.3 is 15.3 Å². The van der Waals surface area contributed by atoms with E-state index >= 15 is 0 Å². The van der Waals surface area contributed by atoms with Gasteiger partial charge in [0.1, 0.15) is 6.04 Å². The number of imidazole rings is 1. The SMILES string of the molecule is CCCNC(c1cc2[nH]c(=O)[nH]c2cc1Br)C(F)(F)F. The van der Waals surface area contributed by atoms with E-state index in [1.54, 1.807) is 6.92 Å². The van der Waals surface area contributed by atoms with Crippen LogP contribution in [0.5, 0.6) is 0 Å². The average molecular weight is 352 g/mol. The maximum absolute atomic E-state index is 13.2. The molecular formula is C12H13BrF3N3O. The number of halogens is 4. The summed E-state index contributed by atoms with van der Waals surface area (Å²) in [4.78, 5) is 16.2. The Labute approximate surface area is 120 Å². The van der Waals surface area contributed by atoms with Crippen molar-refractivity contribution in [3.8, 4) is 0 Å². The van der Waals surface area contributed by atoms with Crippen molar-refractivity contribution in [3.63, 3.8) is 0 Å². The molecule has 20 heavy (non-hydrogen) atoms. The Hall–Kier alpha value is -1.28. The molecule has 1 atom stereocenters. The molecule has 2 rings (SSSR count). The highest BCUT2D eigenvalue weighted by molar-refractivity contribution is 9.10. The van der Waals surface area contributed by atoms with Crippen LogP contribution in [-0.4, -0.2) is 22.7 Å². The van der Waals surface area contributed by atoms with E-state index in [0.717, 1.165) is 0 Å². The largest absolute Gasteiger partial charge is 0.407 e. The molecule has 1 unspecified atom stereocenters. The van der Waals surface area contributed by atoms with Crippen molar-refractivity contribution in [1.29, 1.82) is 0 Å². The van der Waals surface area contributed by atoms with Gasteiger partial charge >= 0.3 is 11.9 Å². The van der Waals surface area contributed by atoms with Gasteiger partial charge in [0.25, 0.3) is 0 Å². The molecule has 0 saturated heterocycles. The van der Waals surface area contributed by atoms with Gasteiger partial charge in [-0.25, -0.2) is 4.79 Å². The maximum atomic E-state index is 13.2. The van der Waals surface area contributed by atoms with Crippen LogP contribution in [0.3, 0.4) is 0 Å². The number of rotatable bonds is 4. The molecule has 0 bridgehead atoms. The van der Waals surface area contributed by atoms with E-state index < -0.39 is 17.9 Å². The number of H-pyrrole nitrogens is 2. The van der Waals surface area contributed by atoms with Gasteiger partial charge in [-0.3, -0.25) is 0 Å². The zero-order valence-corrected chi connectivity index (χ0v) is 12.2. The minimum absolute atomic E-state index is 0.0497. The molecule has 0 aliphatic carbocycles. The molecule has 0 saturated carbocycles. The molecule has 0 aliphatic heterocycles. The van der Waals surface area contributed by atoms with Crippen molar-refractivity contribution in [3.05, 3.63) is 32.7 Å². The first kappa shape index (κ1) is 15.1. The molecule has 3 N–H and O–H groups in total. The summed E-state index contributed by atoms with van der Waals surface area (Å²) in [5.74, 6) is 0. The standard InChI is InChI=1S/C12H13BrF3N3O/c1-2-3-17-10(12(14,15)16)6-4-8-9(5-7(6)13)19-11(20)18-8/h4-5,10,17H,2-3H2,1H3,(H2,18,19,20). The predicted octanol–water partition coefficient (Wildman–Crippen LogP) is 3.22. The summed E-state index contributed by atoms with van der Waals surface area (Å²) < 4.78 is 39.8. The van der Waals surface area contributed by atoms with Crippen LogP contribution in [0.4, 0.5) is 13.2 Å². The molecule has 0 fully saturated rings. The molecule has 0 spiro atoms. The van der Waals surface area contributed by atoms with Crippen LogP contribution < -0.4 is 11.0 Å². The highest BCUT2D eigenvalue weighted by Gasteiger charge is 2.41. The van der Waals surface area contributed by atoms with Gasteiger partial charge in [-0.2, -0.15) is 13.2 Å². The molecule has 4 nitrogen and oxygen atoms in total. The van der Waals surface area contributed by atoms with Crippen molar-refractivity contribution < 1.29 is 13.2 Å². The van der Waals surface area contributed by atoms with Crippen LogP contribution >= 0.6 is 15.9 Å². The van der Waals surface area contributed by atoms with E-state index in [4.69, 9.17) is 0 Å². The minimum Gasteiger partial charge on any atom is -0.306 e. The Morgan fingerprint density at radius 2 is 1.90 bits per heavy atom. The Balaban J connectivity index is 2.51. The van der Waals surface area contributed by atoms with Gasteiger partial charge in [-0.1, -0.05) is 22.9 Å². The third-order valence-corrected chi connectivity index (χ3v) is 3.56. The van der Waals surface area contributed by atoms with Crippen LogP contribution in [-0.2, 0) is 0 Å². The lowest BCUT2D eigenvalue weighted by molar-refractivity contribution is -0.157. The molecule has 0 radical (unpaired) electrons. The number of fused-ring (bicyclic) bond motifs is 1. The van der Waals surface area contributed by atoms with Gasteiger partial charge in [-0.05, 0) is 30.7 Å². The van der Waals surface area contributed by atoms with Crippen molar-refractivity contribution in [2.45, 2.75) is 25.6 Å². The summed E-state index contributed by atoms with van der Waals surface area (Å²) >= 11 is 3.14. The Morgan fingerprint density at radius 3 is 2.45 bits per heavy atom. The summed E-state index contributed by atoms with van der Waals surface area (Å²) in [7, 11) is 0. The lowest BCUT2D eigenvalue weighted by atomic mass is 10.1. The number of aromatic nitrogens is 2. The number of hydrogen-bond donors (Lipinski definition) is 3. The number of alkyl halides is 3. The number of aromatic amines is 2. The number of nitrogens with one attached hydrogen (secondary N) is 3. The first-order valence-electron chi connectivity index (χ1n) is 6.04. The van der Waals surface area contributed by atoms with Gasteiger partial charge in [0.05, 0.1) is 11.0 Å². The molecule has 1 aromatic carbocycles. The second-order valence-electron chi connectivity index (χ2n) is 4.43. The lowest BCUT2D eigenvalue weighted by Crippen LogP contribution is -2.34. The molecular weight excluding hydrogens is 339 g/mol. The molecule has 2 aromatic rings. The molecule has 0 amide bonds. The summed E-state index contributed by atoms with van der Waals surface area (Å²) in [6, 6.07) is 1.02. The average Bonchev–Trinajstić information content (AvgIpc) is 2.67. The van der Waals surface area contributed by atoms with Gasteiger partial charge in [-0.15, -0.1) is 0 Å². The smallest absolute Gasteiger partial charge is 0.306 e. The summed E-state index contributed by atoms with van der Waals surface area (Å²) in [6.45, 7) is 2.04. The summed E-state index contributed by atoms with van der Waals surface area (Å²) in [5, 5.41) is 2.48. The second-order valence-corrected chi connectivity index (χ2v) is 5.28. The van der Waals surface area contributed by atoms with Crippen molar-refractivity contribution in [2.75, 3.05) is 6.54 Å². The first-order chi connectivity index (χ1) is 9.32. The topological polar surface area (TPSA) is 60.7 Å². The zero-order valence-electron chi connectivity index (χ0n) is 10.6. The normalized spacial score (nSPS) is 13.8. The van der Waals surface area contributed by atoms with Crippen molar-refractivity contribution in [2.24, 2.45) is 0 Å². The van der Waals surface area contributed by atoms with E-state index in [2.05, 4.69) is 31.2 Å². The van der Waals surface area contributed by atoms with Crippen molar-refractivity contribution >= 4 is 27.0 Å². The van der Waals surface area contributed by atoms with Crippen LogP contribution in [0.2, 0.25) is 0 Å². The monoisotopic (exact) mass is 351 g/mol. The Morgan fingerprint density at radius 1 is 1.30 bits per heavy atom. The quantitative estimate of drug-likeness (QED) is 0.791. The Kier molecular flexibility index (Phi) is 4.24. The van der Waals surface area contributed by atoms with Crippen LogP contribution in [0.25, 0.3) is 11.0 Å². The molecule has 1 aromatic heterocycles. The lowest BCUT2D eigenvalue weighted by Gasteiger charge is -2.23.